The number of nitrogens with zero attached hydrogens (tertiary/aromatic N) is 3. The fourth-order valence-corrected chi connectivity index (χ4v) is 5.12. The van der Waals surface area contributed by atoms with Gasteiger partial charge in [0.15, 0.2) is 5.82 Å². The highest BCUT2D eigenvalue weighted by molar-refractivity contribution is 8.01. The third-order valence-corrected chi connectivity index (χ3v) is 6.89. The topological polar surface area (TPSA) is 88.9 Å². The molecule has 2 aliphatic rings. The van der Waals surface area contributed by atoms with Gasteiger partial charge >= 0.3 is 0 Å². The summed E-state index contributed by atoms with van der Waals surface area (Å²) in [7, 11) is 0. The van der Waals surface area contributed by atoms with Gasteiger partial charge in [0.2, 0.25) is 11.8 Å². The molecule has 1 atom stereocenters. The van der Waals surface area contributed by atoms with E-state index >= 15 is 0 Å². The van der Waals surface area contributed by atoms with Crippen LogP contribution in [0.15, 0.2) is 53.4 Å². The first kappa shape index (κ1) is 19.8. The Morgan fingerprint density at radius 2 is 1.94 bits per heavy atom. The van der Waals surface area contributed by atoms with Crippen LogP contribution < -0.4 is 10.6 Å². The molecule has 2 aliphatic heterocycles. The number of hydrogen-bond donors (Lipinski definition) is 2. The van der Waals surface area contributed by atoms with Crippen LogP contribution in [0.1, 0.15) is 31.5 Å². The Hall–Kier alpha value is -3.13. The summed E-state index contributed by atoms with van der Waals surface area (Å²) in [5.41, 5.74) is 2.49. The van der Waals surface area contributed by atoms with Crippen LogP contribution in [0, 0.1) is 0 Å². The SMILES string of the molecule is O=C(C[C@H]1Sc2ccccc2NC1=O)Nc1ccc(-c2nnc3n2CCCCC3)cc1. The van der Waals surface area contributed by atoms with Gasteiger partial charge in [-0.1, -0.05) is 18.6 Å². The van der Waals surface area contributed by atoms with Crippen LogP contribution in [-0.2, 0) is 22.6 Å². The van der Waals surface area contributed by atoms with E-state index in [1.165, 1.54) is 18.2 Å². The highest BCUT2D eigenvalue weighted by atomic mass is 32.2. The van der Waals surface area contributed by atoms with E-state index in [9.17, 15) is 9.59 Å². The van der Waals surface area contributed by atoms with Crippen molar-refractivity contribution in [3.05, 3.63) is 54.4 Å². The quantitative estimate of drug-likeness (QED) is 0.646. The Bertz CT molecular complexity index is 1130. The molecule has 0 radical (unpaired) electrons. The van der Waals surface area contributed by atoms with Crippen molar-refractivity contribution in [2.45, 2.75) is 48.8 Å². The molecule has 0 fully saturated rings. The molecular formula is C23H23N5O2S. The van der Waals surface area contributed by atoms with Crippen molar-refractivity contribution >= 4 is 35.0 Å². The Balaban J connectivity index is 1.24. The molecule has 1 aromatic heterocycles. The number of carbonyl (C=O) groups is 2. The lowest BCUT2D eigenvalue weighted by molar-refractivity contribution is -0.120. The average Bonchev–Trinajstić information content (AvgIpc) is 3.03. The van der Waals surface area contributed by atoms with Gasteiger partial charge in [-0.05, 0) is 49.2 Å². The minimum Gasteiger partial charge on any atom is -0.326 e. The van der Waals surface area contributed by atoms with E-state index in [0.29, 0.717) is 5.69 Å². The van der Waals surface area contributed by atoms with Gasteiger partial charge in [0.1, 0.15) is 5.82 Å². The summed E-state index contributed by atoms with van der Waals surface area (Å²) in [5, 5.41) is 14.1. The van der Waals surface area contributed by atoms with Crippen molar-refractivity contribution < 1.29 is 9.59 Å². The largest absolute Gasteiger partial charge is 0.326 e. The number of anilines is 2. The van der Waals surface area contributed by atoms with Crippen molar-refractivity contribution in [2.75, 3.05) is 10.6 Å². The second-order valence-corrected chi connectivity index (χ2v) is 9.07. The van der Waals surface area contributed by atoms with E-state index in [1.54, 1.807) is 0 Å². The molecule has 2 aromatic carbocycles. The lowest BCUT2D eigenvalue weighted by Gasteiger charge is -2.23. The van der Waals surface area contributed by atoms with Crippen molar-refractivity contribution in [1.82, 2.24) is 14.8 Å². The molecule has 2 amide bonds. The second-order valence-electron chi connectivity index (χ2n) is 7.82. The zero-order valence-corrected chi connectivity index (χ0v) is 17.8. The maximum Gasteiger partial charge on any atom is 0.238 e. The van der Waals surface area contributed by atoms with Gasteiger partial charge in [-0.2, -0.15) is 0 Å². The number of carbonyl (C=O) groups excluding carboxylic acids is 2. The van der Waals surface area contributed by atoms with E-state index < -0.39 is 5.25 Å². The molecule has 0 saturated heterocycles. The molecule has 3 aromatic rings. The average molecular weight is 434 g/mol. The smallest absolute Gasteiger partial charge is 0.238 e. The molecule has 0 unspecified atom stereocenters. The Morgan fingerprint density at radius 1 is 1.10 bits per heavy atom. The molecule has 0 aliphatic carbocycles. The van der Waals surface area contributed by atoms with Crippen molar-refractivity contribution in [3.63, 3.8) is 0 Å². The second kappa shape index (κ2) is 8.55. The number of amides is 2. The van der Waals surface area contributed by atoms with Gasteiger partial charge in [0.05, 0.1) is 10.9 Å². The first-order valence-electron chi connectivity index (χ1n) is 10.6. The van der Waals surface area contributed by atoms with E-state index in [-0.39, 0.29) is 18.2 Å². The number of fused-ring (bicyclic) bond motifs is 2. The van der Waals surface area contributed by atoms with Crippen LogP contribution >= 0.6 is 11.8 Å². The van der Waals surface area contributed by atoms with Crippen molar-refractivity contribution in [1.29, 1.82) is 0 Å². The molecule has 5 rings (SSSR count). The summed E-state index contributed by atoms with van der Waals surface area (Å²) >= 11 is 1.43. The monoisotopic (exact) mass is 433 g/mol. The zero-order valence-electron chi connectivity index (χ0n) is 17.0. The van der Waals surface area contributed by atoms with Crippen LogP contribution in [0.2, 0.25) is 0 Å². The molecule has 3 heterocycles. The molecule has 0 spiro atoms. The van der Waals surface area contributed by atoms with E-state index in [2.05, 4.69) is 25.4 Å². The predicted molar refractivity (Wildman–Crippen MR) is 121 cm³/mol. The van der Waals surface area contributed by atoms with Gasteiger partial charge < -0.3 is 15.2 Å². The molecular weight excluding hydrogens is 410 g/mol. The molecule has 0 bridgehead atoms. The molecule has 7 nitrogen and oxygen atoms in total. The molecule has 8 heteroatoms. The third-order valence-electron chi connectivity index (χ3n) is 5.61. The predicted octanol–water partition coefficient (Wildman–Crippen LogP) is 4.11. The summed E-state index contributed by atoms with van der Waals surface area (Å²) < 4.78 is 2.21. The number of thioether (sulfide) groups is 1. The van der Waals surface area contributed by atoms with Gasteiger partial charge in [-0.15, -0.1) is 22.0 Å². The fourth-order valence-electron chi connectivity index (χ4n) is 4.01. The van der Waals surface area contributed by atoms with Crippen LogP contribution in [-0.4, -0.2) is 31.8 Å². The van der Waals surface area contributed by atoms with E-state index in [0.717, 1.165) is 53.6 Å². The van der Waals surface area contributed by atoms with Gasteiger partial charge in [-0.25, -0.2) is 0 Å². The van der Waals surface area contributed by atoms with Crippen LogP contribution in [0.5, 0.6) is 0 Å². The van der Waals surface area contributed by atoms with Crippen molar-refractivity contribution in [3.8, 4) is 11.4 Å². The van der Waals surface area contributed by atoms with Gasteiger partial charge in [0, 0.05) is 35.5 Å². The first-order valence-corrected chi connectivity index (χ1v) is 11.4. The van der Waals surface area contributed by atoms with Crippen molar-refractivity contribution in [2.24, 2.45) is 0 Å². The molecule has 2 N–H and O–H groups in total. The summed E-state index contributed by atoms with van der Waals surface area (Å²) in [4.78, 5) is 25.9. The summed E-state index contributed by atoms with van der Waals surface area (Å²) in [5.74, 6) is 1.61. The van der Waals surface area contributed by atoms with Gasteiger partial charge in [0.25, 0.3) is 0 Å². The van der Waals surface area contributed by atoms with Crippen LogP contribution in [0.25, 0.3) is 11.4 Å². The highest BCUT2D eigenvalue weighted by Gasteiger charge is 2.28. The van der Waals surface area contributed by atoms with Crippen LogP contribution in [0.3, 0.4) is 0 Å². The summed E-state index contributed by atoms with van der Waals surface area (Å²) in [6.07, 6.45) is 4.61. The Labute approximate surface area is 184 Å². The number of para-hydroxylation sites is 1. The fraction of sp³-hybridized carbons (Fsp3) is 0.304. The van der Waals surface area contributed by atoms with E-state index in [1.807, 2.05) is 48.5 Å². The number of rotatable bonds is 4. The normalized spacial score (nSPS) is 17.8. The third kappa shape index (κ3) is 4.20. The lowest BCUT2D eigenvalue weighted by atomic mass is 10.2. The molecule has 158 valence electrons. The standard InChI is InChI=1S/C23H23N5O2S/c29-21(14-19-23(30)25-17-6-3-4-7-18(17)31-19)24-16-11-9-15(10-12-16)22-27-26-20-8-2-1-5-13-28(20)22/h3-4,6-7,9-12,19H,1-2,5,8,13-14H2,(H,24,29)(H,25,30)/t19-/m1/s1. The maximum absolute atomic E-state index is 12.6. The molecule has 0 saturated carbocycles. The lowest BCUT2D eigenvalue weighted by Crippen LogP contribution is -2.32. The Kier molecular flexibility index (Phi) is 5.46. The van der Waals surface area contributed by atoms with E-state index in [4.69, 9.17) is 0 Å². The number of aryl methyl sites for hydroxylation is 1. The number of benzene rings is 2. The molecule has 31 heavy (non-hydrogen) atoms. The van der Waals surface area contributed by atoms with Crippen LogP contribution in [0.4, 0.5) is 11.4 Å². The zero-order chi connectivity index (χ0) is 21.2. The minimum atomic E-state index is -0.444. The Morgan fingerprint density at radius 3 is 2.81 bits per heavy atom. The first-order chi connectivity index (χ1) is 15.2. The maximum atomic E-state index is 12.6. The minimum absolute atomic E-state index is 0.115. The number of hydrogen-bond acceptors (Lipinski definition) is 5. The number of nitrogens with one attached hydrogen (secondary N) is 2. The number of aromatic nitrogens is 3. The summed E-state index contributed by atoms with van der Waals surface area (Å²) in [6.45, 7) is 0.945. The summed E-state index contributed by atoms with van der Waals surface area (Å²) in [6, 6.07) is 15.3. The van der Waals surface area contributed by atoms with Gasteiger partial charge in [-0.3, -0.25) is 9.59 Å². The highest BCUT2D eigenvalue weighted by Crippen LogP contribution is 2.36.